The minimum atomic E-state index is 0.719. The summed E-state index contributed by atoms with van der Waals surface area (Å²) < 4.78 is 0. The number of benzene rings is 1. The van der Waals surface area contributed by atoms with Gasteiger partial charge < -0.3 is 9.88 Å². The molecule has 112 valence electrons. The van der Waals surface area contributed by atoms with E-state index in [1.807, 2.05) is 0 Å². The van der Waals surface area contributed by atoms with Crippen LogP contribution in [0.2, 0.25) is 0 Å². The van der Waals surface area contributed by atoms with Gasteiger partial charge in [-0.1, -0.05) is 12.1 Å². The lowest BCUT2D eigenvalue weighted by Crippen LogP contribution is -2.39. The van der Waals surface area contributed by atoms with E-state index in [2.05, 4.69) is 39.0 Å². The van der Waals surface area contributed by atoms with Crippen LogP contribution in [0.15, 0.2) is 24.3 Å². The summed E-state index contributed by atoms with van der Waals surface area (Å²) >= 11 is 0. The summed E-state index contributed by atoms with van der Waals surface area (Å²) in [7, 11) is 0. The Bertz CT molecular complexity index is 567. The quantitative estimate of drug-likeness (QED) is 0.937. The SMILES string of the molecule is c1ccc2[nH]c(CN3CCC[C@@H]3CN3CCCC3)nc2c1. The van der Waals surface area contributed by atoms with Crippen molar-refractivity contribution in [2.45, 2.75) is 38.3 Å². The van der Waals surface area contributed by atoms with Crippen molar-refractivity contribution >= 4 is 11.0 Å². The molecule has 2 aromatic rings. The van der Waals surface area contributed by atoms with Gasteiger partial charge in [0.05, 0.1) is 17.6 Å². The molecule has 3 heterocycles. The van der Waals surface area contributed by atoms with Gasteiger partial charge in [0.25, 0.3) is 0 Å². The Hall–Kier alpha value is -1.39. The van der Waals surface area contributed by atoms with Crippen LogP contribution in [0.1, 0.15) is 31.5 Å². The summed E-state index contributed by atoms with van der Waals surface area (Å²) in [5, 5.41) is 0. The monoisotopic (exact) mass is 284 g/mol. The lowest BCUT2D eigenvalue weighted by Gasteiger charge is -2.27. The summed E-state index contributed by atoms with van der Waals surface area (Å²) in [6.45, 7) is 6.03. The van der Waals surface area contributed by atoms with Gasteiger partial charge in [0.1, 0.15) is 5.82 Å². The van der Waals surface area contributed by atoms with Crippen molar-refractivity contribution in [3.63, 3.8) is 0 Å². The van der Waals surface area contributed by atoms with Crippen molar-refractivity contribution in [3.8, 4) is 0 Å². The molecule has 1 N–H and O–H groups in total. The van der Waals surface area contributed by atoms with Gasteiger partial charge in [-0.15, -0.1) is 0 Å². The lowest BCUT2D eigenvalue weighted by atomic mass is 10.2. The molecule has 2 fully saturated rings. The molecular formula is C17H24N4. The zero-order chi connectivity index (χ0) is 14.1. The number of imidazole rings is 1. The standard InChI is InChI=1S/C17H24N4/c1-2-8-16-15(7-1)18-17(19-16)13-21-11-5-6-14(21)12-20-9-3-4-10-20/h1-2,7-8,14H,3-6,9-13H2,(H,18,19)/t14-/m1/s1. The molecule has 0 saturated carbocycles. The van der Waals surface area contributed by atoms with Crippen molar-refractivity contribution in [1.82, 2.24) is 19.8 Å². The maximum Gasteiger partial charge on any atom is 0.121 e. The van der Waals surface area contributed by atoms with Gasteiger partial charge in [-0.2, -0.15) is 0 Å². The first-order valence-electron chi connectivity index (χ1n) is 8.28. The highest BCUT2D eigenvalue weighted by Gasteiger charge is 2.27. The first-order valence-corrected chi connectivity index (χ1v) is 8.28. The second kappa shape index (κ2) is 5.78. The number of nitrogens with zero attached hydrogens (tertiary/aromatic N) is 3. The van der Waals surface area contributed by atoms with Crippen LogP contribution >= 0.6 is 0 Å². The highest BCUT2D eigenvalue weighted by Crippen LogP contribution is 2.22. The molecule has 0 radical (unpaired) electrons. The number of rotatable bonds is 4. The maximum absolute atomic E-state index is 4.73. The zero-order valence-corrected chi connectivity index (χ0v) is 12.6. The van der Waals surface area contributed by atoms with E-state index in [9.17, 15) is 0 Å². The second-order valence-corrected chi connectivity index (χ2v) is 6.47. The summed E-state index contributed by atoms with van der Waals surface area (Å²) in [6.07, 6.45) is 5.45. The van der Waals surface area contributed by atoms with Crippen molar-refractivity contribution in [3.05, 3.63) is 30.1 Å². The van der Waals surface area contributed by atoms with Gasteiger partial charge in [0, 0.05) is 12.6 Å². The van der Waals surface area contributed by atoms with Crippen molar-refractivity contribution in [2.75, 3.05) is 26.2 Å². The van der Waals surface area contributed by atoms with Crippen LogP contribution in [0.3, 0.4) is 0 Å². The Morgan fingerprint density at radius 3 is 2.81 bits per heavy atom. The number of nitrogens with one attached hydrogen (secondary N) is 1. The average molecular weight is 284 g/mol. The minimum Gasteiger partial charge on any atom is -0.341 e. The van der Waals surface area contributed by atoms with E-state index in [1.54, 1.807) is 0 Å². The van der Waals surface area contributed by atoms with Crippen LogP contribution in [-0.4, -0.2) is 52.0 Å². The molecule has 0 unspecified atom stereocenters. The maximum atomic E-state index is 4.73. The number of aromatic nitrogens is 2. The highest BCUT2D eigenvalue weighted by atomic mass is 15.2. The third-order valence-corrected chi connectivity index (χ3v) is 4.96. The van der Waals surface area contributed by atoms with E-state index >= 15 is 0 Å². The van der Waals surface area contributed by atoms with Gasteiger partial charge in [0.2, 0.25) is 0 Å². The predicted octanol–water partition coefficient (Wildman–Crippen LogP) is 2.62. The molecule has 4 rings (SSSR count). The Labute approximate surface area is 126 Å². The largest absolute Gasteiger partial charge is 0.341 e. The van der Waals surface area contributed by atoms with Gasteiger partial charge >= 0.3 is 0 Å². The summed E-state index contributed by atoms with van der Waals surface area (Å²) in [4.78, 5) is 13.5. The zero-order valence-electron chi connectivity index (χ0n) is 12.6. The second-order valence-electron chi connectivity index (χ2n) is 6.47. The van der Waals surface area contributed by atoms with E-state index in [0.717, 1.165) is 29.4 Å². The number of H-pyrrole nitrogens is 1. The van der Waals surface area contributed by atoms with Crippen molar-refractivity contribution in [2.24, 2.45) is 0 Å². The molecule has 21 heavy (non-hydrogen) atoms. The molecule has 2 aliphatic heterocycles. The smallest absolute Gasteiger partial charge is 0.121 e. The van der Waals surface area contributed by atoms with E-state index in [1.165, 1.54) is 51.9 Å². The Balaban J connectivity index is 1.44. The van der Waals surface area contributed by atoms with Crippen LogP contribution in [-0.2, 0) is 6.54 Å². The lowest BCUT2D eigenvalue weighted by molar-refractivity contribution is 0.182. The molecule has 0 spiro atoms. The number of fused-ring (bicyclic) bond motifs is 1. The van der Waals surface area contributed by atoms with Crippen LogP contribution in [0.5, 0.6) is 0 Å². The Morgan fingerprint density at radius 2 is 1.95 bits per heavy atom. The van der Waals surface area contributed by atoms with E-state index in [-0.39, 0.29) is 0 Å². The molecule has 4 nitrogen and oxygen atoms in total. The van der Waals surface area contributed by atoms with Crippen LogP contribution in [0.4, 0.5) is 0 Å². The summed E-state index contributed by atoms with van der Waals surface area (Å²) in [5.74, 6) is 1.12. The Morgan fingerprint density at radius 1 is 1.10 bits per heavy atom. The van der Waals surface area contributed by atoms with E-state index < -0.39 is 0 Å². The van der Waals surface area contributed by atoms with Crippen LogP contribution < -0.4 is 0 Å². The molecule has 0 amide bonds. The third-order valence-electron chi connectivity index (χ3n) is 4.96. The fourth-order valence-corrected chi connectivity index (χ4v) is 3.85. The molecule has 2 saturated heterocycles. The van der Waals surface area contributed by atoms with Crippen molar-refractivity contribution in [1.29, 1.82) is 0 Å². The van der Waals surface area contributed by atoms with E-state index in [0.29, 0.717) is 0 Å². The number of hydrogen-bond donors (Lipinski definition) is 1. The molecule has 4 heteroatoms. The first kappa shape index (κ1) is 13.3. The number of para-hydroxylation sites is 2. The number of hydrogen-bond acceptors (Lipinski definition) is 3. The summed E-state index contributed by atoms with van der Waals surface area (Å²) in [6, 6.07) is 9.03. The van der Waals surface area contributed by atoms with Gasteiger partial charge in [-0.05, 0) is 57.5 Å². The summed E-state index contributed by atoms with van der Waals surface area (Å²) in [5.41, 5.74) is 2.24. The molecule has 1 atom stereocenters. The van der Waals surface area contributed by atoms with E-state index in [4.69, 9.17) is 4.98 Å². The average Bonchev–Trinajstić information content (AvgIpc) is 3.21. The fourth-order valence-electron chi connectivity index (χ4n) is 3.85. The molecular weight excluding hydrogens is 260 g/mol. The molecule has 0 bridgehead atoms. The van der Waals surface area contributed by atoms with Gasteiger partial charge in [-0.3, -0.25) is 4.90 Å². The molecule has 2 aliphatic rings. The molecule has 1 aromatic heterocycles. The normalized spacial score (nSPS) is 24.3. The first-order chi connectivity index (χ1) is 10.4. The predicted molar refractivity (Wildman–Crippen MR) is 85.2 cm³/mol. The van der Waals surface area contributed by atoms with Gasteiger partial charge in [-0.25, -0.2) is 4.98 Å². The highest BCUT2D eigenvalue weighted by molar-refractivity contribution is 5.74. The Kier molecular flexibility index (Phi) is 3.65. The van der Waals surface area contributed by atoms with Crippen molar-refractivity contribution < 1.29 is 0 Å². The van der Waals surface area contributed by atoms with Crippen LogP contribution in [0.25, 0.3) is 11.0 Å². The van der Waals surface area contributed by atoms with Crippen LogP contribution in [0, 0.1) is 0 Å². The minimum absolute atomic E-state index is 0.719. The number of likely N-dealkylation sites (tertiary alicyclic amines) is 2. The number of aromatic amines is 1. The molecule has 0 aliphatic carbocycles. The third kappa shape index (κ3) is 2.83. The van der Waals surface area contributed by atoms with Gasteiger partial charge in [0.15, 0.2) is 0 Å². The fraction of sp³-hybridized carbons (Fsp3) is 0.588. The molecule has 1 aromatic carbocycles. The topological polar surface area (TPSA) is 35.2 Å².